The molecule has 0 aliphatic heterocycles. The standard InChI is InChI=1S/Ba.Cu.Nd.O.2H/q+2;;;;2*-1. The molecular weight excluding hydrogens is 361 g/mol. The third-order valence-corrected chi connectivity index (χ3v) is 0. The zero-order valence-corrected chi connectivity index (χ0v) is 10.5. The molecule has 0 aromatic heterocycles. The van der Waals surface area contributed by atoms with Crippen LogP contribution in [0.3, 0.4) is 0 Å². The molecule has 4 heavy (non-hydrogen) atoms. The Kier molecular flexibility index (Phi) is 64.0. The van der Waals surface area contributed by atoms with Crippen molar-refractivity contribution in [1.29, 1.82) is 0 Å². The van der Waals surface area contributed by atoms with E-state index in [1.807, 2.05) is 0 Å². The molecule has 0 fully saturated rings. The van der Waals surface area contributed by atoms with Crippen LogP contribution in [0.15, 0.2) is 0 Å². The maximum absolute atomic E-state index is 7.81. The molecule has 0 N–H and O–H groups in total. The Hall–Kier alpha value is 3.24. The van der Waals surface area contributed by atoms with Gasteiger partial charge in [0.1, 0.15) is 0 Å². The Morgan fingerprint density at radius 3 is 1.50 bits per heavy atom. The van der Waals surface area contributed by atoms with E-state index in [1.165, 1.54) is 0 Å². The molecule has 0 aromatic rings. The monoisotopic (exact) mass is 361 g/mol. The van der Waals surface area contributed by atoms with E-state index in [0.717, 1.165) is 0 Å². The Morgan fingerprint density at radius 1 is 1.50 bits per heavy atom. The molecular formula is H2BaCuNdO. The van der Waals surface area contributed by atoms with Gasteiger partial charge in [0.05, 0.1) is 0 Å². The van der Waals surface area contributed by atoms with E-state index >= 15 is 0 Å². The Balaban J connectivity index is -0.000000000833. The van der Waals surface area contributed by atoms with E-state index < -0.39 is 0 Å². The van der Waals surface area contributed by atoms with Crippen LogP contribution in [0, 0.1) is 40.8 Å². The van der Waals surface area contributed by atoms with Crippen LogP contribution < -0.4 is 0 Å². The van der Waals surface area contributed by atoms with E-state index in [-0.39, 0.29) is 92.6 Å². The van der Waals surface area contributed by atoms with Gasteiger partial charge in [0, 0.05) is 40.8 Å². The SMILES string of the molecule is [Ba+2].[H-].[H-].[Nd].[O]=[Cu]. The van der Waals surface area contributed by atoms with E-state index in [2.05, 4.69) is 15.9 Å². The van der Waals surface area contributed by atoms with Crippen molar-refractivity contribution in [1.82, 2.24) is 0 Å². The molecule has 0 saturated heterocycles. The Bertz CT molecular complexity index is 13.5. The molecule has 0 aliphatic rings. The molecule has 1 nitrogen and oxygen atoms in total. The minimum absolute atomic E-state index is 0. The third-order valence-electron chi connectivity index (χ3n) is 0. The summed E-state index contributed by atoms with van der Waals surface area (Å²) in [6.07, 6.45) is 0. The van der Waals surface area contributed by atoms with Crippen LogP contribution in [0.5, 0.6) is 0 Å². The maximum atomic E-state index is 7.81. The van der Waals surface area contributed by atoms with Crippen molar-refractivity contribution in [3.05, 3.63) is 0 Å². The Morgan fingerprint density at radius 2 is 1.50 bits per heavy atom. The summed E-state index contributed by atoms with van der Waals surface area (Å²) >= 11 is 2.94. The van der Waals surface area contributed by atoms with Crippen LogP contribution in [-0.2, 0) is 19.8 Å². The quantitative estimate of drug-likeness (QED) is 0.542. The summed E-state index contributed by atoms with van der Waals surface area (Å²) in [6.45, 7) is 0. The summed E-state index contributed by atoms with van der Waals surface area (Å²) < 4.78 is 7.81. The van der Waals surface area contributed by atoms with E-state index in [0.29, 0.717) is 0 Å². The predicted molar refractivity (Wildman–Crippen MR) is 8.66 cm³/mol. The summed E-state index contributed by atoms with van der Waals surface area (Å²) in [5.41, 5.74) is 0. The van der Waals surface area contributed by atoms with E-state index in [4.69, 9.17) is 3.83 Å². The molecule has 0 radical (unpaired) electrons. The molecule has 0 rings (SSSR count). The van der Waals surface area contributed by atoms with Crippen molar-refractivity contribution in [2.75, 3.05) is 0 Å². The van der Waals surface area contributed by atoms with Crippen molar-refractivity contribution in [3.63, 3.8) is 0 Å². The van der Waals surface area contributed by atoms with Gasteiger partial charge in [0.2, 0.25) is 0 Å². The number of rotatable bonds is 0. The summed E-state index contributed by atoms with van der Waals surface area (Å²) in [5, 5.41) is 0. The fourth-order valence-electron chi connectivity index (χ4n) is 0. The summed E-state index contributed by atoms with van der Waals surface area (Å²) in [5.74, 6) is 0. The van der Waals surface area contributed by atoms with Crippen molar-refractivity contribution >= 4 is 48.9 Å². The second kappa shape index (κ2) is 16.3. The molecule has 0 amide bonds. The number of hydrogen-bond acceptors (Lipinski definition) is 1. The van der Waals surface area contributed by atoms with Gasteiger partial charge in [-0.25, -0.2) is 0 Å². The van der Waals surface area contributed by atoms with Crippen LogP contribution in [0.2, 0.25) is 0 Å². The molecule has 0 atom stereocenters. The number of hydrogen-bond donors (Lipinski definition) is 0. The molecule has 0 unspecified atom stereocenters. The van der Waals surface area contributed by atoms with Gasteiger partial charge in [-0.05, 0) is 0 Å². The van der Waals surface area contributed by atoms with Gasteiger partial charge < -0.3 is 2.85 Å². The van der Waals surface area contributed by atoms with Crippen LogP contribution in [0.1, 0.15) is 2.85 Å². The average Bonchev–Trinajstić information content (AvgIpc) is 1.00. The van der Waals surface area contributed by atoms with Crippen LogP contribution >= 0.6 is 0 Å². The van der Waals surface area contributed by atoms with E-state index in [9.17, 15) is 0 Å². The van der Waals surface area contributed by atoms with Crippen LogP contribution in [0.25, 0.3) is 0 Å². The summed E-state index contributed by atoms with van der Waals surface area (Å²) in [6, 6.07) is 0. The summed E-state index contributed by atoms with van der Waals surface area (Å²) in [7, 11) is 0. The van der Waals surface area contributed by atoms with Gasteiger partial charge in [-0.1, -0.05) is 0 Å². The fourth-order valence-corrected chi connectivity index (χ4v) is 0. The first-order chi connectivity index (χ1) is 1.00. The Labute approximate surface area is 109 Å². The average molecular weight is 363 g/mol. The first-order valence-corrected chi connectivity index (χ1v) is 0.508. The fraction of sp³-hybridized carbons (Fsp3) is 0. The van der Waals surface area contributed by atoms with Crippen LogP contribution in [0.4, 0.5) is 0 Å². The normalized spacial score (nSPS) is 1.50. The second-order valence-corrected chi connectivity index (χ2v) is 0. The van der Waals surface area contributed by atoms with Crippen molar-refractivity contribution < 1.29 is 63.5 Å². The van der Waals surface area contributed by atoms with Crippen LogP contribution in [-0.4, -0.2) is 48.9 Å². The summed E-state index contributed by atoms with van der Waals surface area (Å²) in [4.78, 5) is 0. The second-order valence-electron chi connectivity index (χ2n) is 0. The zero-order chi connectivity index (χ0) is 2.00. The van der Waals surface area contributed by atoms with Crippen molar-refractivity contribution in [2.24, 2.45) is 0 Å². The van der Waals surface area contributed by atoms with Gasteiger partial charge in [-0.3, -0.25) is 0 Å². The molecule has 0 bridgehead atoms. The molecule has 0 aromatic carbocycles. The molecule has 25 valence electrons. The van der Waals surface area contributed by atoms with Crippen molar-refractivity contribution in [3.8, 4) is 0 Å². The van der Waals surface area contributed by atoms with Gasteiger partial charge in [-0.2, -0.15) is 0 Å². The molecule has 0 spiro atoms. The third kappa shape index (κ3) is 8.97. The zero-order valence-electron chi connectivity index (χ0n) is 3.92. The molecule has 0 saturated carbocycles. The van der Waals surface area contributed by atoms with Gasteiger partial charge in [0.15, 0.2) is 0 Å². The first kappa shape index (κ1) is 15.7. The van der Waals surface area contributed by atoms with E-state index in [1.54, 1.807) is 0 Å². The topological polar surface area (TPSA) is 17.1 Å². The van der Waals surface area contributed by atoms with Gasteiger partial charge >= 0.3 is 68.7 Å². The molecule has 0 heterocycles. The minimum atomic E-state index is 0. The van der Waals surface area contributed by atoms with Gasteiger partial charge in [0.25, 0.3) is 0 Å². The van der Waals surface area contributed by atoms with Gasteiger partial charge in [-0.15, -0.1) is 0 Å². The molecule has 0 aliphatic carbocycles. The first-order valence-electron chi connectivity index (χ1n) is 0.123. The predicted octanol–water partition coefficient (Wildman–Crippen LogP) is -0.277. The van der Waals surface area contributed by atoms with Crippen molar-refractivity contribution in [2.45, 2.75) is 0 Å². The molecule has 4 heteroatoms.